The maximum Gasteiger partial charge on any atom is 0.0468 e. The van der Waals surface area contributed by atoms with E-state index in [1.807, 2.05) is 0 Å². The van der Waals surface area contributed by atoms with E-state index < -0.39 is 0 Å². The highest BCUT2D eigenvalue weighted by molar-refractivity contribution is 5.91. The van der Waals surface area contributed by atoms with E-state index in [1.54, 1.807) is 0 Å². The lowest BCUT2D eigenvalue weighted by molar-refractivity contribution is 0.660. The van der Waals surface area contributed by atoms with E-state index in [4.69, 9.17) is 0 Å². The van der Waals surface area contributed by atoms with Crippen LogP contribution < -0.4 is 4.90 Å². The third-order valence-electron chi connectivity index (χ3n) is 11.7. The monoisotopic (exact) mass is 715 g/mol. The SMILES string of the molecule is CC1(C)c2cc(-c3ccc(-c4ccccc4)cc3)ccc2-c2ccc(N(c3ccc(-c4cccc(-c5ccccc5)c4)cc3)c3ccc4ccccc4c3)cc21. The maximum absolute atomic E-state index is 2.43. The van der Waals surface area contributed by atoms with Gasteiger partial charge in [-0.25, -0.2) is 0 Å². The highest BCUT2D eigenvalue weighted by atomic mass is 15.1. The van der Waals surface area contributed by atoms with Crippen molar-refractivity contribution in [2.24, 2.45) is 0 Å². The zero-order valence-corrected chi connectivity index (χ0v) is 31.7. The van der Waals surface area contributed by atoms with Crippen LogP contribution in [0.15, 0.2) is 212 Å². The summed E-state index contributed by atoms with van der Waals surface area (Å²) >= 11 is 0. The summed E-state index contributed by atoms with van der Waals surface area (Å²) < 4.78 is 0. The standard InChI is InChI=1S/C55H41N/c1-55(2)53-36-47(42-22-20-41(21-23-42)38-12-5-3-6-13-38)27-32-51(53)52-33-31-50(37-54(52)55)56(49-30-26-40-16-9-10-17-46(40)35-49)48-28-24-43(25-29-48)45-19-11-18-44(34-45)39-14-7-4-8-15-39/h3-37H,1-2H3. The molecule has 0 heterocycles. The molecule has 0 atom stereocenters. The molecule has 9 aromatic carbocycles. The Kier molecular flexibility index (Phi) is 8.23. The molecule has 1 aliphatic carbocycles. The van der Waals surface area contributed by atoms with E-state index in [-0.39, 0.29) is 5.41 Å². The molecular weight excluding hydrogens is 675 g/mol. The van der Waals surface area contributed by atoms with Gasteiger partial charge in [-0.1, -0.05) is 178 Å². The fraction of sp³-hybridized carbons (Fsp3) is 0.0545. The second kappa shape index (κ2) is 13.7. The first-order valence-corrected chi connectivity index (χ1v) is 19.5. The van der Waals surface area contributed by atoms with E-state index in [0.717, 1.165) is 17.1 Å². The Labute approximate surface area is 329 Å². The van der Waals surface area contributed by atoms with Crippen molar-refractivity contribution in [3.8, 4) is 55.6 Å². The summed E-state index contributed by atoms with van der Waals surface area (Å²) in [6, 6.07) is 77.6. The van der Waals surface area contributed by atoms with Crippen LogP contribution in [0.1, 0.15) is 25.0 Å². The zero-order valence-electron chi connectivity index (χ0n) is 31.7. The Morgan fingerprint density at radius 3 is 1.36 bits per heavy atom. The van der Waals surface area contributed by atoms with Crippen LogP contribution in [0.5, 0.6) is 0 Å². The third kappa shape index (κ3) is 5.99. The molecule has 0 amide bonds. The van der Waals surface area contributed by atoms with Gasteiger partial charge < -0.3 is 4.90 Å². The molecule has 0 radical (unpaired) electrons. The Bertz CT molecular complexity index is 2850. The number of hydrogen-bond acceptors (Lipinski definition) is 1. The van der Waals surface area contributed by atoms with Crippen molar-refractivity contribution in [1.82, 2.24) is 0 Å². The Hall–Kier alpha value is -6.96. The minimum absolute atomic E-state index is 0.177. The molecule has 0 saturated heterocycles. The minimum Gasteiger partial charge on any atom is -0.310 e. The molecule has 0 saturated carbocycles. The molecule has 0 fully saturated rings. The first-order chi connectivity index (χ1) is 27.5. The summed E-state index contributed by atoms with van der Waals surface area (Å²) in [5.74, 6) is 0. The van der Waals surface area contributed by atoms with Gasteiger partial charge in [0.25, 0.3) is 0 Å². The van der Waals surface area contributed by atoms with Gasteiger partial charge in [0.2, 0.25) is 0 Å². The van der Waals surface area contributed by atoms with Crippen LogP contribution in [-0.2, 0) is 5.41 Å². The van der Waals surface area contributed by atoms with Gasteiger partial charge in [0.15, 0.2) is 0 Å². The molecular formula is C55H41N. The van der Waals surface area contributed by atoms with Crippen LogP contribution in [0.25, 0.3) is 66.4 Å². The van der Waals surface area contributed by atoms with E-state index in [1.165, 1.54) is 77.5 Å². The lowest BCUT2D eigenvalue weighted by Crippen LogP contribution is -2.16. The highest BCUT2D eigenvalue weighted by Crippen LogP contribution is 2.52. The Morgan fingerprint density at radius 1 is 0.286 bits per heavy atom. The molecule has 1 aliphatic rings. The van der Waals surface area contributed by atoms with Crippen LogP contribution in [-0.4, -0.2) is 0 Å². The number of fused-ring (bicyclic) bond motifs is 4. The Morgan fingerprint density at radius 2 is 0.696 bits per heavy atom. The third-order valence-corrected chi connectivity index (χ3v) is 11.7. The van der Waals surface area contributed by atoms with Crippen LogP contribution in [0.2, 0.25) is 0 Å². The second-order valence-corrected chi connectivity index (χ2v) is 15.4. The van der Waals surface area contributed by atoms with Crippen LogP contribution in [0.4, 0.5) is 17.1 Å². The molecule has 1 heteroatoms. The lowest BCUT2D eigenvalue weighted by Gasteiger charge is -2.28. The highest BCUT2D eigenvalue weighted by Gasteiger charge is 2.36. The van der Waals surface area contributed by atoms with Crippen LogP contribution >= 0.6 is 0 Å². The number of anilines is 3. The van der Waals surface area contributed by atoms with Crippen LogP contribution in [0, 0.1) is 0 Å². The number of benzene rings is 9. The summed E-state index contributed by atoms with van der Waals surface area (Å²) in [5, 5.41) is 2.46. The summed E-state index contributed by atoms with van der Waals surface area (Å²) in [6.45, 7) is 4.75. The van der Waals surface area contributed by atoms with Gasteiger partial charge in [0, 0.05) is 22.5 Å². The minimum atomic E-state index is -0.177. The van der Waals surface area contributed by atoms with E-state index in [0.29, 0.717) is 0 Å². The molecule has 0 spiro atoms. The average molecular weight is 716 g/mol. The largest absolute Gasteiger partial charge is 0.310 e. The van der Waals surface area contributed by atoms with Crippen molar-refractivity contribution in [2.75, 3.05) is 4.90 Å². The summed E-state index contributed by atoms with van der Waals surface area (Å²) in [4.78, 5) is 2.41. The number of hydrogen-bond donors (Lipinski definition) is 0. The quantitative estimate of drug-likeness (QED) is 0.159. The summed E-state index contributed by atoms with van der Waals surface area (Å²) in [7, 11) is 0. The molecule has 0 unspecified atom stereocenters. The van der Waals surface area contributed by atoms with Gasteiger partial charge in [-0.05, 0) is 126 Å². The van der Waals surface area contributed by atoms with Crippen molar-refractivity contribution in [1.29, 1.82) is 0 Å². The summed E-state index contributed by atoms with van der Waals surface area (Å²) in [6.07, 6.45) is 0. The normalized spacial score (nSPS) is 12.6. The average Bonchev–Trinajstić information content (AvgIpc) is 3.49. The smallest absolute Gasteiger partial charge is 0.0468 e. The van der Waals surface area contributed by atoms with Gasteiger partial charge in [-0.15, -0.1) is 0 Å². The fourth-order valence-corrected chi connectivity index (χ4v) is 8.60. The van der Waals surface area contributed by atoms with Crippen molar-refractivity contribution >= 4 is 27.8 Å². The number of nitrogens with zero attached hydrogens (tertiary/aromatic N) is 1. The molecule has 1 nitrogen and oxygen atoms in total. The topological polar surface area (TPSA) is 3.24 Å². The van der Waals surface area contributed by atoms with E-state index in [9.17, 15) is 0 Å². The molecule has 56 heavy (non-hydrogen) atoms. The van der Waals surface area contributed by atoms with Crippen molar-refractivity contribution in [3.05, 3.63) is 223 Å². The Balaban J connectivity index is 1.02. The summed E-state index contributed by atoms with van der Waals surface area (Å²) in [5.41, 5.74) is 18.4. The maximum atomic E-state index is 2.43. The van der Waals surface area contributed by atoms with Crippen molar-refractivity contribution in [2.45, 2.75) is 19.3 Å². The molecule has 10 rings (SSSR count). The van der Waals surface area contributed by atoms with Gasteiger partial charge in [-0.2, -0.15) is 0 Å². The molecule has 0 aromatic heterocycles. The lowest BCUT2D eigenvalue weighted by atomic mass is 9.81. The first kappa shape index (κ1) is 33.6. The zero-order chi connectivity index (χ0) is 37.6. The van der Waals surface area contributed by atoms with E-state index >= 15 is 0 Å². The predicted molar refractivity (Wildman–Crippen MR) is 238 cm³/mol. The molecule has 0 bridgehead atoms. The van der Waals surface area contributed by atoms with Gasteiger partial charge in [0.05, 0.1) is 0 Å². The van der Waals surface area contributed by atoms with Gasteiger partial charge in [0.1, 0.15) is 0 Å². The number of rotatable bonds is 7. The van der Waals surface area contributed by atoms with Crippen molar-refractivity contribution < 1.29 is 0 Å². The molecule has 266 valence electrons. The van der Waals surface area contributed by atoms with Crippen molar-refractivity contribution in [3.63, 3.8) is 0 Å². The molecule has 0 aliphatic heterocycles. The van der Waals surface area contributed by atoms with E-state index in [2.05, 4.69) is 231 Å². The molecule has 9 aromatic rings. The molecule has 0 N–H and O–H groups in total. The van der Waals surface area contributed by atoms with Crippen LogP contribution in [0.3, 0.4) is 0 Å². The predicted octanol–water partition coefficient (Wildman–Crippen LogP) is 15.3. The van der Waals surface area contributed by atoms with Gasteiger partial charge in [-0.3, -0.25) is 0 Å². The first-order valence-electron chi connectivity index (χ1n) is 19.5. The second-order valence-electron chi connectivity index (χ2n) is 15.4. The van der Waals surface area contributed by atoms with Gasteiger partial charge >= 0.3 is 0 Å². The fourth-order valence-electron chi connectivity index (χ4n) is 8.60.